The van der Waals surface area contributed by atoms with Crippen molar-refractivity contribution in [3.63, 3.8) is 0 Å². The van der Waals surface area contributed by atoms with Crippen LogP contribution in [0.2, 0.25) is 0 Å². The van der Waals surface area contributed by atoms with Crippen molar-refractivity contribution in [1.29, 1.82) is 0 Å². The lowest BCUT2D eigenvalue weighted by Gasteiger charge is -2.29. The van der Waals surface area contributed by atoms with Gasteiger partial charge in [0, 0.05) is 19.5 Å². The first-order chi connectivity index (χ1) is 11.1. The number of hydrogen-bond acceptors (Lipinski definition) is 4. The first-order valence-corrected chi connectivity index (χ1v) is 8.01. The van der Waals surface area contributed by atoms with Crippen LogP contribution in [0.3, 0.4) is 0 Å². The number of rotatable bonds is 7. The van der Waals surface area contributed by atoms with Gasteiger partial charge in [0.25, 0.3) is 0 Å². The summed E-state index contributed by atoms with van der Waals surface area (Å²) in [7, 11) is 1.51. The van der Waals surface area contributed by atoms with Gasteiger partial charge in [-0.2, -0.15) is 0 Å². The molecule has 0 radical (unpaired) electrons. The first-order valence-electron chi connectivity index (χ1n) is 8.01. The Morgan fingerprint density at radius 2 is 2.00 bits per heavy atom. The van der Waals surface area contributed by atoms with E-state index in [9.17, 15) is 19.4 Å². The van der Waals surface area contributed by atoms with E-state index in [1.165, 1.54) is 12.6 Å². The number of nitrogens with one attached hydrogen (secondary N) is 1. The molecule has 0 bridgehead atoms. The lowest BCUT2D eigenvalue weighted by Crippen LogP contribution is -2.43. The van der Waals surface area contributed by atoms with Crippen LogP contribution in [-0.2, 0) is 11.2 Å². The summed E-state index contributed by atoms with van der Waals surface area (Å²) in [6.07, 6.45) is -1.16. The van der Waals surface area contributed by atoms with Crippen LogP contribution < -0.4 is 5.32 Å². The van der Waals surface area contributed by atoms with Crippen LogP contribution in [0.1, 0.15) is 18.4 Å². The van der Waals surface area contributed by atoms with Gasteiger partial charge >= 0.3 is 0 Å². The van der Waals surface area contributed by atoms with Crippen molar-refractivity contribution in [2.75, 3.05) is 20.2 Å². The molecule has 0 unspecified atom stereocenters. The Kier molecular flexibility index (Phi) is 6.50. The highest BCUT2D eigenvalue weighted by Crippen LogP contribution is 2.30. The molecular weight excluding hydrogens is 299 g/mol. The molecule has 6 heteroatoms. The van der Waals surface area contributed by atoms with E-state index in [0.717, 1.165) is 12.8 Å². The summed E-state index contributed by atoms with van der Waals surface area (Å²) < 4.78 is 14.2. The maximum atomic E-state index is 14.2. The number of halogens is 1. The van der Waals surface area contributed by atoms with Gasteiger partial charge in [-0.25, -0.2) is 4.39 Å². The summed E-state index contributed by atoms with van der Waals surface area (Å²) >= 11 is 0. The summed E-state index contributed by atoms with van der Waals surface area (Å²) in [5.74, 6) is -0.243. The molecule has 1 amide bonds. The van der Waals surface area contributed by atoms with E-state index >= 15 is 0 Å². The number of likely N-dealkylation sites (tertiary alicyclic amines) is 1. The molecule has 0 aliphatic carbocycles. The van der Waals surface area contributed by atoms with Crippen LogP contribution in [0.15, 0.2) is 30.3 Å². The van der Waals surface area contributed by atoms with E-state index in [4.69, 9.17) is 0 Å². The fourth-order valence-corrected chi connectivity index (χ4v) is 3.24. The molecule has 1 saturated heterocycles. The van der Waals surface area contributed by atoms with Crippen LogP contribution in [0.4, 0.5) is 4.39 Å². The topological polar surface area (TPSA) is 72.8 Å². The molecule has 3 N–H and O–H groups in total. The Labute approximate surface area is 136 Å². The average Bonchev–Trinajstić information content (AvgIpc) is 2.80. The molecule has 0 saturated carbocycles. The van der Waals surface area contributed by atoms with Crippen LogP contribution >= 0.6 is 0 Å². The predicted octanol–water partition coefficient (Wildman–Crippen LogP) is 0.499. The molecule has 0 spiro atoms. The van der Waals surface area contributed by atoms with Gasteiger partial charge in [0.15, 0.2) is 0 Å². The zero-order valence-corrected chi connectivity index (χ0v) is 13.4. The Balaban J connectivity index is 2.00. The number of benzene rings is 1. The highest BCUT2D eigenvalue weighted by atomic mass is 19.1. The molecule has 4 atom stereocenters. The third-order valence-corrected chi connectivity index (χ3v) is 4.53. The molecule has 23 heavy (non-hydrogen) atoms. The monoisotopic (exact) mass is 324 g/mol. The summed E-state index contributed by atoms with van der Waals surface area (Å²) in [5.41, 5.74) is 1.19. The molecule has 5 nitrogen and oxygen atoms in total. The van der Waals surface area contributed by atoms with E-state index in [0.29, 0.717) is 6.54 Å². The second-order valence-corrected chi connectivity index (χ2v) is 5.96. The third-order valence-electron chi connectivity index (χ3n) is 4.53. The molecule has 128 valence electrons. The van der Waals surface area contributed by atoms with Gasteiger partial charge in [0.05, 0.1) is 12.6 Å². The van der Waals surface area contributed by atoms with Crippen LogP contribution in [0, 0.1) is 0 Å². The Morgan fingerprint density at radius 1 is 1.30 bits per heavy atom. The fraction of sp³-hybridized carbons (Fsp3) is 0.588. The van der Waals surface area contributed by atoms with E-state index in [2.05, 4.69) is 5.32 Å². The average molecular weight is 324 g/mol. The number of aryl methyl sites for hydroxylation is 1. The third kappa shape index (κ3) is 4.28. The van der Waals surface area contributed by atoms with Crippen molar-refractivity contribution in [2.24, 2.45) is 0 Å². The fourth-order valence-electron chi connectivity index (χ4n) is 3.24. The zero-order valence-electron chi connectivity index (χ0n) is 13.4. The Morgan fingerprint density at radius 3 is 2.61 bits per heavy atom. The maximum Gasteiger partial charge on any atom is 0.221 e. The van der Waals surface area contributed by atoms with Crippen molar-refractivity contribution in [3.05, 3.63) is 35.9 Å². The summed E-state index contributed by atoms with van der Waals surface area (Å²) in [6.45, 7) is 0.160. The Hall–Kier alpha value is -1.50. The van der Waals surface area contributed by atoms with Gasteiger partial charge < -0.3 is 15.5 Å². The van der Waals surface area contributed by atoms with Crippen molar-refractivity contribution < 1.29 is 19.4 Å². The van der Waals surface area contributed by atoms with Crippen molar-refractivity contribution >= 4 is 5.91 Å². The number of alkyl halides is 1. The minimum atomic E-state index is -1.54. The highest BCUT2D eigenvalue weighted by molar-refractivity contribution is 5.76. The maximum absolute atomic E-state index is 14.2. The zero-order chi connectivity index (χ0) is 16.8. The summed E-state index contributed by atoms with van der Waals surface area (Å²) in [4.78, 5) is 13.4. The number of aliphatic hydroxyl groups is 2. The van der Waals surface area contributed by atoms with Gasteiger partial charge in [-0.05, 0) is 24.9 Å². The van der Waals surface area contributed by atoms with Gasteiger partial charge in [-0.15, -0.1) is 0 Å². The van der Waals surface area contributed by atoms with E-state index in [1.54, 1.807) is 4.90 Å². The largest absolute Gasteiger partial charge is 0.395 e. The standard InChI is InChI=1S/C17H25FN2O3/c1-19-15(22)10-13-17(23)16(18)14(11-21)20(13)9-5-8-12-6-3-2-4-7-12/h2-4,6-7,13-14,16-17,21,23H,5,8-11H2,1H3,(H,19,22)/t13-,14-,16+,17-/m1/s1. The molecule has 1 aromatic rings. The minimum absolute atomic E-state index is 0.0277. The van der Waals surface area contributed by atoms with E-state index in [1.807, 2.05) is 30.3 Å². The lowest BCUT2D eigenvalue weighted by atomic mass is 10.1. The summed E-state index contributed by atoms with van der Waals surface area (Å²) in [5, 5.41) is 22.0. The van der Waals surface area contributed by atoms with Gasteiger partial charge in [-0.1, -0.05) is 30.3 Å². The van der Waals surface area contributed by atoms with Crippen LogP contribution in [0.25, 0.3) is 0 Å². The van der Waals surface area contributed by atoms with Crippen molar-refractivity contribution in [1.82, 2.24) is 10.2 Å². The first kappa shape index (κ1) is 17.8. The van der Waals surface area contributed by atoms with E-state index in [-0.39, 0.29) is 18.9 Å². The molecule has 1 aliphatic rings. The molecular formula is C17H25FN2O3. The predicted molar refractivity (Wildman–Crippen MR) is 85.7 cm³/mol. The van der Waals surface area contributed by atoms with Gasteiger partial charge in [-0.3, -0.25) is 9.69 Å². The van der Waals surface area contributed by atoms with Crippen molar-refractivity contribution in [2.45, 2.75) is 43.6 Å². The molecule has 1 heterocycles. The second kappa shape index (κ2) is 8.38. The number of nitrogens with zero attached hydrogens (tertiary/aromatic N) is 1. The van der Waals surface area contributed by atoms with Crippen LogP contribution in [0.5, 0.6) is 0 Å². The second-order valence-electron chi connectivity index (χ2n) is 5.96. The molecule has 1 aliphatic heterocycles. The highest BCUT2D eigenvalue weighted by Gasteiger charge is 2.48. The quantitative estimate of drug-likeness (QED) is 0.683. The summed E-state index contributed by atoms with van der Waals surface area (Å²) in [6, 6.07) is 8.60. The number of carbonyl (C=O) groups is 1. The number of carbonyl (C=O) groups excluding carboxylic acids is 1. The molecule has 2 rings (SSSR count). The van der Waals surface area contributed by atoms with Gasteiger partial charge in [0.1, 0.15) is 12.3 Å². The minimum Gasteiger partial charge on any atom is -0.395 e. The van der Waals surface area contributed by atoms with Crippen LogP contribution in [-0.4, -0.2) is 65.6 Å². The normalized spacial score (nSPS) is 28.0. The molecule has 1 fully saturated rings. The Bertz CT molecular complexity index is 500. The number of hydrogen-bond donors (Lipinski definition) is 3. The molecule has 0 aromatic heterocycles. The number of aliphatic hydroxyl groups excluding tert-OH is 2. The van der Waals surface area contributed by atoms with E-state index < -0.39 is 24.4 Å². The molecule has 1 aromatic carbocycles. The lowest BCUT2D eigenvalue weighted by molar-refractivity contribution is -0.122. The van der Waals surface area contributed by atoms with Gasteiger partial charge in [0.2, 0.25) is 5.91 Å². The number of amides is 1. The van der Waals surface area contributed by atoms with Crippen molar-refractivity contribution in [3.8, 4) is 0 Å². The smallest absolute Gasteiger partial charge is 0.221 e. The SMILES string of the molecule is CNC(=O)C[C@@H]1[C@@H](O)[C@@H](F)[C@@H](CO)N1CCCc1ccccc1.